The maximum absolute atomic E-state index is 12.6. The molecule has 0 radical (unpaired) electrons. The molecule has 4 aliphatic carbocycles. The normalized spacial score (nSPS) is 40.7. The van der Waals surface area contributed by atoms with E-state index in [0.717, 1.165) is 48.3 Å². The van der Waals surface area contributed by atoms with Crippen LogP contribution < -0.4 is 5.32 Å². The van der Waals surface area contributed by atoms with Gasteiger partial charge in [0.05, 0.1) is 0 Å². The highest BCUT2D eigenvalue weighted by molar-refractivity contribution is 5.81. The summed E-state index contributed by atoms with van der Waals surface area (Å²) in [6, 6.07) is 0.332. The van der Waals surface area contributed by atoms with Gasteiger partial charge in [-0.15, -0.1) is 0 Å². The standard InChI is InChI=1S/C32H55NO/c1-21(2)10-9-11-22(3)26-14-15-27-25-13-12-23-20-24(33-29(34)30(4,5)6)16-18-31(23,7)28(25)17-19-32(26,27)8/h12,21-22,24-28H,9-11,13-20H2,1-8H3,(H,33,34)/t22-,24+,25?,26-,27?,28?,31+,32-/m1/s1. The molecule has 0 heterocycles. The number of hydrogen-bond donors (Lipinski definition) is 1. The molecule has 2 nitrogen and oxygen atoms in total. The monoisotopic (exact) mass is 469 g/mol. The molecule has 1 N–H and O–H groups in total. The largest absolute Gasteiger partial charge is 0.353 e. The van der Waals surface area contributed by atoms with Crippen molar-refractivity contribution in [3.05, 3.63) is 11.6 Å². The first-order valence-electron chi connectivity index (χ1n) is 14.9. The van der Waals surface area contributed by atoms with Crippen LogP contribution in [0.1, 0.15) is 126 Å². The highest BCUT2D eigenvalue weighted by atomic mass is 16.2. The molecule has 8 atom stereocenters. The summed E-state index contributed by atoms with van der Waals surface area (Å²) >= 11 is 0. The molecule has 0 spiro atoms. The Morgan fingerprint density at radius 3 is 2.44 bits per heavy atom. The lowest BCUT2D eigenvalue weighted by Gasteiger charge is -2.58. The van der Waals surface area contributed by atoms with Gasteiger partial charge in [0.15, 0.2) is 0 Å². The van der Waals surface area contributed by atoms with Gasteiger partial charge in [0.25, 0.3) is 0 Å². The molecule has 4 rings (SSSR count). The molecule has 0 aromatic carbocycles. The second-order valence-corrected chi connectivity index (χ2v) is 15.0. The highest BCUT2D eigenvalue weighted by Crippen LogP contribution is 2.67. The molecule has 0 aliphatic heterocycles. The molecule has 3 fully saturated rings. The van der Waals surface area contributed by atoms with Gasteiger partial charge in [-0.25, -0.2) is 0 Å². The Hall–Kier alpha value is -0.790. The van der Waals surface area contributed by atoms with Crippen molar-refractivity contribution in [3.63, 3.8) is 0 Å². The van der Waals surface area contributed by atoms with Crippen molar-refractivity contribution in [2.45, 2.75) is 132 Å². The molecular weight excluding hydrogens is 414 g/mol. The van der Waals surface area contributed by atoms with Gasteiger partial charge in [-0.1, -0.05) is 86.3 Å². The highest BCUT2D eigenvalue weighted by Gasteiger charge is 2.59. The first-order chi connectivity index (χ1) is 15.9. The molecule has 0 bridgehead atoms. The van der Waals surface area contributed by atoms with Crippen LogP contribution in [0.5, 0.6) is 0 Å². The first kappa shape index (κ1) is 26.3. The van der Waals surface area contributed by atoms with Gasteiger partial charge in [0, 0.05) is 11.5 Å². The van der Waals surface area contributed by atoms with Crippen LogP contribution in [0.25, 0.3) is 0 Å². The van der Waals surface area contributed by atoms with Crippen molar-refractivity contribution in [1.29, 1.82) is 0 Å². The zero-order valence-corrected chi connectivity index (χ0v) is 23.8. The van der Waals surface area contributed by atoms with E-state index in [1.807, 2.05) is 20.8 Å². The van der Waals surface area contributed by atoms with Gasteiger partial charge in [-0.2, -0.15) is 0 Å². The lowest BCUT2D eigenvalue weighted by Crippen LogP contribution is -2.52. The van der Waals surface area contributed by atoms with E-state index in [0.29, 0.717) is 16.9 Å². The van der Waals surface area contributed by atoms with Gasteiger partial charge in [-0.3, -0.25) is 4.79 Å². The van der Waals surface area contributed by atoms with Crippen LogP contribution in [0.15, 0.2) is 11.6 Å². The van der Waals surface area contributed by atoms with Crippen molar-refractivity contribution < 1.29 is 4.79 Å². The third kappa shape index (κ3) is 4.78. The van der Waals surface area contributed by atoms with Crippen molar-refractivity contribution in [2.24, 2.45) is 51.8 Å². The van der Waals surface area contributed by atoms with E-state index in [2.05, 4.69) is 46.0 Å². The minimum absolute atomic E-state index is 0.211. The topological polar surface area (TPSA) is 29.1 Å². The van der Waals surface area contributed by atoms with Gasteiger partial charge in [0.2, 0.25) is 5.91 Å². The van der Waals surface area contributed by atoms with E-state index in [9.17, 15) is 4.79 Å². The van der Waals surface area contributed by atoms with Gasteiger partial charge < -0.3 is 5.32 Å². The predicted octanol–water partition coefficient (Wildman–Crippen LogP) is 8.56. The minimum Gasteiger partial charge on any atom is -0.353 e. The van der Waals surface area contributed by atoms with Crippen molar-refractivity contribution >= 4 is 5.91 Å². The molecule has 1 amide bonds. The van der Waals surface area contributed by atoms with Crippen LogP contribution in [0.4, 0.5) is 0 Å². The van der Waals surface area contributed by atoms with E-state index < -0.39 is 0 Å². The number of carbonyl (C=O) groups is 1. The minimum atomic E-state index is -0.300. The lowest BCUT2D eigenvalue weighted by atomic mass is 9.47. The first-order valence-corrected chi connectivity index (χ1v) is 14.9. The predicted molar refractivity (Wildman–Crippen MR) is 144 cm³/mol. The Morgan fingerprint density at radius 1 is 1.03 bits per heavy atom. The fourth-order valence-corrected chi connectivity index (χ4v) is 9.21. The quantitative estimate of drug-likeness (QED) is 0.388. The van der Waals surface area contributed by atoms with Crippen LogP contribution >= 0.6 is 0 Å². The summed E-state index contributed by atoms with van der Waals surface area (Å²) in [6.45, 7) is 18.7. The Balaban J connectivity index is 1.44. The van der Waals surface area contributed by atoms with Gasteiger partial charge in [0.1, 0.15) is 0 Å². The maximum atomic E-state index is 12.6. The summed E-state index contributed by atoms with van der Waals surface area (Å²) in [7, 11) is 0. The number of nitrogens with one attached hydrogen (secondary N) is 1. The number of rotatable bonds is 6. The summed E-state index contributed by atoms with van der Waals surface area (Å²) in [5, 5.41) is 3.39. The van der Waals surface area contributed by atoms with Crippen LogP contribution in [0, 0.1) is 51.8 Å². The molecule has 0 aromatic heterocycles. The van der Waals surface area contributed by atoms with E-state index in [-0.39, 0.29) is 11.3 Å². The zero-order valence-electron chi connectivity index (χ0n) is 23.8. The molecule has 34 heavy (non-hydrogen) atoms. The van der Waals surface area contributed by atoms with E-state index in [1.54, 1.807) is 5.57 Å². The molecule has 4 aliphatic rings. The fraction of sp³-hybridized carbons (Fsp3) is 0.906. The summed E-state index contributed by atoms with van der Waals surface area (Å²) in [6.07, 6.45) is 17.5. The van der Waals surface area contributed by atoms with Crippen molar-refractivity contribution in [1.82, 2.24) is 5.32 Å². The van der Waals surface area contributed by atoms with Crippen LogP contribution in [-0.2, 0) is 4.79 Å². The summed E-state index contributed by atoms with van der Waals surface area (Å²) in [4.78, 5) is 12.6. The van der Waals surface area contributed by atoms with Gasteiger partial charge >= 0.3 is 0 Å². The Bertz CT molecular complexity index is 774. The fourth-order valence-electron chi connectivity index (χ4n) is 9.21. The molecule has 2 heteroatoms. The smallest absolute Gasteiger partial charge is 0.225 e. The van der Waals surface area contributed by atoms with E-state index in [1.165, 1.54) is 57.8 Å². The number of allylic oxidation sites excluding steroid dienone is 1. The molecule has 0 saturated heterocycles. The SMILES string of the molecule is CC(C)CCC[C@@H](C)[C@H]1CCC2C3CC=C4C[C@@H](NC(=O)C(C)(C)C)CC[C@]4(C)C3CC[C@@]21C. The molecule has 3 saturated carbocycles. The zero-order chi connectivity index (χ0) is 24.9. The van der Waals surface area contributed by atoms with E-state index >= 15 is 0 Å². The van der Waals surface area contributed by atoms with Crippen molar-refractivity contribution in [2.75, 3.05) is 0 Å². The second-order valence-electron chi connectivity index (χ2n) is 15.0. The summed E-state index contributed by atoms with van der Waals surface area (Å²) in [5.74, 6) is 5.56. The third-order valence-electron chi connectivity index (χ3n) is 11.3. The van der Waals surface area contributed by atoms with Crippen molar-refractivity contribution in [3.8, 4) is 0 Å². The number of hydrogen-bond acceptors (Lipinski definition) is 1. The Labute approximate surface area is 211 Å². The molecule has 3 unspecified atom stereocenters. The lowest BCUT2D eigenvalue weighted by molar-refractivity contribution is -0.129. The second kappa shape index (κ2) is 9.59. The number of carbonyl (C=O) groups excluding carboxylic acids is 1. The average molecular weight is 470 g/mol. The van der Waals surface area contributed by atoms with Crippen LogP contribution in [0.3, 0.4) is 0 Å². The van der Waals surface area contributed by atoms with Gasteiger partial charge in [-0.05, 0) is 97.7 Å². The maximum Gasteiger partial charge on any atom is 0.225 e. The summed E-state index contributed by atoms with van der Waals surface area (Å²) in [5.41, 5.74) is 2.32. The Morgan fingerprint density at radius 2 is 1.76 bits per heavy atom. The Kier molecular flexibility index (Phi) is 7.41. The number of fused-ring (bicyclic) bond motifs is 5. The molecule has 194 valence electrons. The molecular formula is C32H55NO. The average Bonchev–Trinajstić information content (AvgIpc) is 3.10. The summed E-state index contributed by atoms with van der Waals surface area (Å²) < 4.78 is 0. The van der Waals surface area contributed by atoms with Crippen LogP contribution in [0.2, 0.25) is 0 Å². The molecule has 0 aromatic rings. The number of amides is 1. The van der Waals surface area contributed by atoms with E-state index in [4.69, 9.17) is 0 Å². The third-order valence-corrected chi connectivity index (χ3v) is 11.3. The van der Waals surface area contributed by atoms with Crippen LogP contribution in [-0.4, -0.2) is 11.9 Å².